The predicted molar refractivity (Wildman–Crippen MR) is 121 cm³/mol. The number of carbonyl (C=O) groups excluding carboxylic acids is 2. The average molecular weight is 401 g/mol. The molecule has 0 aliphatic heterocycles. The molecule has 0 bridgehead atoms. The fourth-order valence-electron chi connectivity index (χ4n) is 2.94. The predicted octanol–water partition coefficient (Wildman–Crippen LogP) is 6.12. The van der Waals surface area contributed by atoms with Gasteiger partial charge >= 0.3 is 5.97 Å². The summed E-state index contributed by atoms with van der Waals surface area (Å²) in [5, 5.41) is 0. The van der Waals surface area contributed by atoms with Gasteiger partial charge in [-0.1, -0.05) is 69.4 Å². The number of hydrogen-bond acceptors (Lipinski definition) is 3. The number of allylic oxidation sites excluding steroid dienone is 9. The monoisotopic (exact) mass is 400 g/mol. The number of esters is 1. The van der Waals surface area contributed by atoms with Crippen LogP contribution in [0.4, 0.5) is 0 Å². The highest BCUT2D eigenvalue weighted by atomic mass is 28.3. The largest absolute Gasteiger partial charge is 0.466 e. The van der Waals surface area contributed by atoms with Gasteiger partial charge in [-0.25, -0.2) is 4.79 Å². The molecular weight excluding hydrogens is 364 g/mol. The Labute approximate surface area is 171 Å². The molecule has 0 spiro atoms. The van der Waals surface area contributed by atoms with Gasteiger partial charge in [-0.05, 0) is 49.3 Å². The SMILES string of the molecule is CC1=C(/C=C/C(C)=C/C=C/C(C)=C\C(=O)OC[Si](C)(C)C)C(C)(C)CCC1=O. The van der Waals surface area contributed by atoms with E-state index in [4.69, 9.17) is 4.74 Å². The molecule has 0 aromatic carbocycles. The van der Waals surface area contributed by atoms with Gasteiger partial charge in [0.1, 0.15) is 0 Å². The van der Waals surface area contributed by atoms with E-state index in [0.717, 1.165) is 28.7 Å². The summed E-state index contributed by atoms with van der Waals surface area (Å²) in [6.45, 7) is 16.7. The first-order chi connectivity index (χ1) is 12.8. The second-order valence-corrected chi connectivity index (χ2v) is 14.9. The molecule has 0 fully saturated rings. The van der Waals surface area contributed by atoms with Crippen LogP contribution in [0.3, 0.4) is 0 Å². The molecule has 0 saturated carbocycles. The van der Waals surface area contributed by atoms with E-state index in [1.165, 1.54) is 6.08 Å². The van der Waals surface area contributed by atoms with Crippen LogP contribution in [0.15, 0.2) is 58.7 Å². The third-order valence-electron chi connectivity index (χ3n) is 4.75. The lowest BCUT2D eigenvalue weighted by Gasteiger charge is -2.32. The molecule has 0 radical (unpaired) electrons. The smallest absolute Gasteiger partial charge is 0.330 e. The summed E-state index contributed by atoms with van der Waals surface area (Å²) in [4.78, 5) is 23.8. The van der Waals surface area contributed by atoms with Crippen LogP contribution in [0.2, 0.25) is 19.6 Å². The van der Waals surface area contributed by atoms with Crippen molar-refractivity contribution in [2.24, 2.45) is 5.41 Å². The maximum atomic E-state index is 12.0. The minimum Gasteiger partial charge on any atom is -0.466 e. The Kier molecular flexibility index (Phi) is 8.62. The van der Waals surface area contributed by atoms with Crippen molar-refractivity contribution in [1.82, 2.24) is 0 Å². The minimum absolute atomic E-state index is 0.0280. The standard InChI is InChI=1S/C24H36O3Si/c1-18(12-13-21-20(3)22(25)14-15-24(21,4)5)10-9-11-19(2)16-23(26)27-17-28(6,7)8/h9-13,16H,14-15,17H2,1-8H3/b11-9+,13-12+,18-10+,19-16-. The number of Topliss-reactive ketones (excluding diaryl/α,β-unsaturated/α-hetero) is 1. The fourth-order valence-corrected chi connectivity index (χ4v) is 3.52. The molecule has 0 N–H and O–H groups in total. The summed E-state index contributed by atoms with van der Waals surface area (Å²) in [7, 11) is -1.39. The molecule has 0 unspecified atom stereocenters. The summed E-state index contributed by atoms with van der Waals surface area (Å²) in [5.74, 6) is -0.0286. The molecule has 0 amide bonds. The van der Waals surface area contributed by atoms with E-state index in [9.17, 15) is 9.59 Å². The number of ether oxygens (including phenoxy) is 1. The second-order valence-electron chi connectivity index (χ2n) is 9.51. The Morgan fingerprint density at radius 1 is 1.14 bits per heavy atom. The number of carbonyl (C=O) groups is 2. The molecule has 0 aromatic rings. The zero-order chi connectivity index (χ0) is 21.5. The van der Waals surface area contributed by atoms with Crippen molar-refractivity contribution in [3.8, 4) is 0 Å². The third kappa shape index (κ3) is 8.38. The highest BCUT2D eigenvalue weighted by Crippen LogP contribution is 2.39. The van der Waals surface area contributed by atoms with Crippen molar-refractivity contribution in [2.45, 2.75) is 67.1 Å². The first-order valence-electron chi connectivity index (χ1n) is 9.94. The third-order valence-corrected chi connectivity index (χ3v) is 5.76. The minimum atomic E-state index is -1.39. The van der Waals surface area contributed by atoms with Crippen LogP contribution in [0.25, 0.3) is 0 Å². The van der Waals surface area contributed by atoms with Gasteiger partial charge in [0.15, 0.2) is 5.78 Å². The van der Waals surface area contributed by atoms with Gasteiger partial charge in [0.05, 0.1) is 14.3 Å². The molecule has 0 saturated heterocycles. The quantitative estimate of drug-likeness (QED) is 0.224. The molecule has 1 aliphatic carbocycles. The summed E-state index contributed by atoms with van der Waals surface area (Å²) >= 11 is 0. The lowest BCUT2D eigenvalue weighted by molar-refractivity contribution is -0.136. The molecule has 154 valence electrons. The van der Waals surface area contributed by atoms with Crippen LogP contribution in [0.1, 0.15) is 47.5 Å². The molecule has 0 atom stereocenters. The summed E-state index contributed by atoms with van der Waals surface area (Å²) in [6, 6.07) is 0. The molecular formula is C24H36O3Si. The first-order valence-corrected chi connectivity index (χ1v) is 13.7. The molecule has 28 heavy (non-hydrogen) atoms. The fraction of sp³-hybridized carbons (Fsp3) is 0.500. The van der Waals surface area contributed by atoms with E-state index in [0.29, 0.717) is 12.7 Å². The molecule has 3 nitrogen and oxygen atoms in total. The van der Waals surface area contributed by atoms with Gasteiger partial charge in [0, 0.05) is 12.5 Å². The number of rotatable bonds is 7. The Morgan fingerprint density at radius 3 is 2.39 bits per heavy atom. The van der Waals surface area contributed by atoms with E-state index in [1.54, 1.807) is 0 Å². The number of ketones is 1. The molecule has 1 aliphatic rings. The van der Waals surface area contributed by atoms with Crippen LogP contribution < -0.4 is 0 Å². The lowest BCUT2D eigenvalue weighted by atomic mass is 9.72. The van der Waals surface area contributed by atoms with Gasteiger partial charge < -0.3 is 4.74 Å². The van der Waals surface area contributed by atoms with Crippen molar-refractivity contribution >= 4 is 19.8 Å². The van der Waals surface area contributed by atoms with Gasteiger partial charge in [0.2, 0.25) is 0 Å². The Morgan fingerprint density at radius 2 is 1.79 bits per heavy atom. The van der Waals surface area contributed by atoms with Crippen LogP contribution in [-0.4, -0.2) is 26.1 Å². The van der Waals surface area contributed by atoms with Crippen molar-refractivity contribution in [1.29, 1.82) is 0 Å². The average Bonchev–Trinajstić information content (AvgIpc) is 2.56. The topological polar surface area (TPSA) is 43.4 Å². The van der Waals surface area contributed by atoms with Gasteiger partial charge in [0.25, 0.3) is 0 Å². The van der Waals surface area contributed by atoms with Crippen LogP contribution >= 0.6 is 0 Å². The van der Waals surface area contributed by atoms with E-state index in [2.05, 4.69) is 39.6 Å². The zero-order valence-corrected chi connectivity index (χ0v) is 19.8. The zero-order valence-electron chi connectivity index (χ0n) is 18.8. The van der Waals surface area contributed by atoms with Crippen molar-refractivity contribution < 1.29 is 14.3 Å². The molecule has 4 heteroatoms. The van der Waals surface area contributed by atoms with Gasteiger partial charge in [-0.2, -0.15) is 0 Å². The molecule has 1 rings (SSSR count). The first kappa shape index (κ1) is 24.1. The Hall–Kier alpha value is -1.94. The highest BCUT2D eigenvalue weighted by Gasteiger charge is 2.30. The van der Waals surface area contributed by atoms with Crippen LogP contribution in [0.5, 0.6) is 0 Å². The van der Waals surface area contributed by atoms with E-state index in [1.807, 2.05) is 45.1 Å². The van der Waals surface area contributed by atoms with Gasteiger partial charge in [-0.15, -0.1) is 0 Å². The summed E-state index contributed by atoms with van der Waals surface area (Å²) in [6.07, 6.45) is 13.5. The lowest BCUT2D eigenvalue weighted by Crippen LogP contribution is -2.29. The van der Waals surface area contributed by atoms with E-state index in [-0.39, 0.29) is 17.2 Å². The highest BCUT2D eigenvalue weighted by molar-refractivity contribution is 6.76. The molecule has 0 heterocycles. The summed E-state index contributed by atoms with van der Waals surface area (Å²) < 4.78 is 5.30. The maximum Gasteiger partial charge on any atom is 0.330 e. The van der Waals surface area contributed by atoms with Gasteiger partial charge in [-0.3, -0.25) is 4.79 Å². The van der Waals surface area contributed by atoms with Crippen molar-refractivity contribution in [2.75, 3.05) is 6.23 Å². The van der Waals surface area contributed by atoms with Crippen LogP contribution in [0, 0.1) is 5.41 Å². The Balaban J connectivity index is 2.75. The second kappa shape index (κ2) is 10.0. The van der Waals surface area contributed by atoms with E-state index < -0.39 is 8.07 Å². The summed E-state index contributed by atoms with van der Waals surface area (Å²) in [5.41, 5.74) is 3.97. The van der Waals surface area contributed by atoms with Crippen molar-refractivity contribution in [3.63, 3.8) is 0 Å². The number of hydrogen-bond donors (Lipinski definition) is 0. The van der Waals surface area contributed by atoms with Crippen molar-refractivity contribution in [3.05, 3.63) is 58.7 Å². The maximum absolute atomic E-state index is 12.0. The Bertz CT molecular complexity index is 753. The van der Waals surface area contributed by atoms with E-state index >= 15 is 0 Å². The van der Waals surface area contributed by atoms with Crippen LogP contribution in [-0.2, 0) is 14.3 Å². The molecule has 0 aromatic heterocycles. The normalized spacial score (nSPS) is 19.1.